The largest absolute Gasteiger partial charge is 0.493 e. The van der Waals surface area contributed by atoms with Gasteiger partial charge in [0.1, 0.15) is 0 Å². The second kappa shape index (κ2) is 10.1. The van der Waals surface area contributed by atoms with Crippen molar-refractivity contribution in [3.8, 4) is 11.5 Å². The summed E-state index contributed by atoms with van der Waals surface area (Å²) < 4.78 is 11.8. The number of ether oxygens (including phenoxy) is 2. The maximum absolute atomic E-state index is 12.5. The van der Waals surface area contributed by atoms with Gasteiger partial charge >= 0.3 is 0 Å². The van der Waals surface area contributed by atoms with Crippen molar-refractivity contribution in [1.29, 1.82) is 0 Å². The third kappa shape index (κ3) is 5.53. The number of halogens is 2. The number of hydrogen-bond donors (Lipinski definition) is 2. The van der Waals surface area contributed by atoms with E-state index in [0.29, 0.717) is 29.7 Å². The van der Waals surface area contributed by atoms with E-state index in [4.69, 9.17) is 9.47 Å². The molecule has 136 valence electrons. The SMILES string of the molecule is CCCOc1c(Br)cc(C(=O)NC2CCNC(C)C2)cc1OC.Cl. The van der Waals surface area contributed by atoms with Gasteiger partial charge in [0.05, 0.1) is 18.2 Å². The van der Waals surface area contributed by atoms with Crippen LogP contribution in [0.1, 0.15) is 43.5 Å². The zero-order valence-electron chi connectivity index (χ0n) is 14.4. The van der Waals surface area contributed by atoms with E-state index in [1.807, 2.05) is 6.92 Å². The Morgan fingerprint density at radius 2 is 2.21 bits per heavy atom. The topological polar surface area (TPSA) is 59.6 Å². The zero-order valence-corrected chi connectivity index (χ0v) is 16.8. The molecule has 0 radical (unpaired) electrons. The summed E-state index contributed by atoms with van der Waals surface area (Å²) in [6, 6.07) is 4.16. The second-order valence-electron chi connectivity index (χ2n) is 5.89. The molecule has 24 heavy (non-hydrogen) atoms. The van der Waals surface area contributed by atoms with E-state index in [0.717, 1.165) is 30.3 Å². The lowest BCUT2D eigenvalue weighted by atomic mass is 10.00. The van der Waals surface area contributed by atoms with Crippen LogP contribution in [0.4, 0.5) is 0 Å². The van der Waals surface area contributed by atoms with Gasteiger partial charge in [-0.25, -0.2) is 0 Å². The van der Waals surface area contributed by atoms with Gasteiger partial charge < -0.3 is 20.1 Å². The summed E-state index contributed by atoms with van der Waals surface area (Å²) in [7, 11) is 1.58. The first-order valence-electron chi connectivity index (χ1n) is 8.09. The lowest BCUT2D eigenvalue weighted by Gasteiger charge is -2.28. The third-order valence-corrected chi connectivity index (χ3v) is 4.49. The minimum absolute atomic E-state index is 0. The van der Waals surface area contributed by atoms with Crippen LogP contribution in [0.25, 0.3) is 0 Å². The minimum Gasteiger partial charge on any atom is -0.493 e. The van der Waals surface area contributed by atoms with E-state index >= 15 is 0 Å². The molecule has 2 N–H and O–H groups in total. The fourth-order valence-corrected chi connectivity index (χ4v) is 3.28. The molecular weight excluding hydrogens is 396 g/mol. The van der Waals surface area contributed by atoms with Crippen molar-refractivity contribution in [3.63, 3.8) is 0 Å². The van der Waals surface area contributed by atoms with Gasteiger partial charge in [0, 0.05) is 17.6 Å². The number of hydrogen-bond acceptors (Lipinski definition) is 4. The maximum atomic E-state index is 12.5. The first-order chi connectivity index (χ1) is 11.0. The summed E-state index contributed by atoms with van der Waals surface area (Å²) >= 11 is 3.48. The number of amides is 1. The Balaban J connectivity index is 0.00000288. The van der Waals surface area contributed by atoms with Crippen molar-refractivity contribution < 1.29 is 14.3 Å². The Bertz CT molecular complexity index is 557. The third-order valence-electron chi connectivity index (χ3n) is 3.90. The Kier molecular flexibility index (Phi) is 8.87. The highest BCUT2D eigenvalue weighted by atomic mass is 79.9. The highest BCUT2D eigenvalue weighted by molar-refractivity contribution is 9.10. The van der Waals surface area contributed by atoms with E-state index in [-0.39, 0.29) is 24.4 Å². The van der Waals surface area contributed by atoms with Crippen LogP contribution in [0.2, 0.25) is 0 Å². The quantitative estimate of drug-likeness (QED) is 0.737. The van der Waals surface area contributed by atoms with Gasteiger partial charge in [-0.1, -0.05) is 6.92 Å². The number of piperidine rings is 1. The van der Waals surface area contributed by atoms with Gasteiger partial charge in [0.2, 0.25) is 0 Å². The molecule has 1 aromatic rings. The molecule has 1 aromatic carbocycles. The molecule has 1 amide bonds. The van der Waals surface area contributed by atoms with Crippen molar-refractivity contribution in [2.75, 3.05) is 20.3 Å². The molecule has 1 aliphatic heterocycles. The standard InChI is InChI=1S/C17H25BrN2O3.ClH/c1-4-7-23-16-14(18)9-12(10-15(16)22-3)17(21)20-13-5-6-19-11(2)8-13;/h9-11,13,19H,4-8H2,1-3H3,(H,20,21);1H. The van der Waals surface area contributed by atoms with E-state index in [1.54, 1.807) is 19.2 Å². The Hall–Kier alpha value is -0.980. The molecule has 1 fully saturated rings. The molecular formula is C17H26BrClN2O3. The van der Waals surface area contributed by atoms with Crippen LogP contribution in [0, 0.1) is 0 Å². The van der Waals surface area contributed by atoms with Gasteiger partial charge in [-0.15, -0.1) is 12.4 Å². The second-order valence-corrected chi connectivity index (χ2v) is 6.74. The van der Waals surface area contributed by atoms with Gasteiger partial charge in [-0.05, 0) is 60.8 Å². The normalized spacial score (nSPS) is 20.0. The van der Waals surface area contributed by atoms with Crippen molar-refractivity contribution >= 4 is 34.2 Å². The average molecular weight is 422 g/mol. The van der Waals surface area contributed by atoms with Crippen LogP contribution in [0.3, 0.4) is 0 Å². The highest BCUT2D eigenvalue weighted by Gasteiger charge is 2.22. The average Bonchev–Trinajstić information content (AvgIpc) is 2.53. The molecule has 1 aliphatic rings. The number of carbonyl (C=O) groups is 1. The fourth-order valence-electron chi connectivity index (χ4n) is 2.73. The molecule has 0 aliphatic carbocycles. The Morgan fingerprint density at radius 1 is 1.46 bits per heavy atom. The molecule has 7 heteroatoms. The number of rotatable bonds is 6. The fraction of sp³-hybridized carbons (Fsp3) is 0.588. The molecule has 2 unspecified atom stereocenters. The van der Waals surface area contributed by atoms with Crippen LogP contribution in [0.15, 0.2) is 16.6 Å². The monoisotopic (exact) mass is 420 g/mol. The lowest BCUT2D eigenvalue weighted by Crippen LogP contribution is -2.46. The minimum atomic E-state index is -0.0786. The number of benzene rings is 1. The Morgan fingerprint density at radius 3 is 2.83 bits per heavy atom. The van der Waals surface area contributed by atoms with E-state index in [2.05, 4.69) is 33.5 Å². The molecule has 0 spiro atoms. The van der Waals surface area contributed by atoms with Crippen molar-refractivity contribution in [3.05, 3.63) is 22.2 Å². The van der Waals surface area contributed by atoms with Crippen LogP contribution in [-0.2, 0) is 0 Å². The molecule has 0 bridgehead atoms. The summed E-state index contributed by atoms with van der Waals surface area (Å²) in [5, 5.41) is 6.49. The summed E-state index contributed by atoms with van der Waals surface area (Å²) in [6.45, 7) is 5.72. The molecule has 2 atom stereocenters. The number of nitrogens with one attached hydrogen (secondary N) is 2. The molecule has 0 aromatic heterocycles. The highest BCUT2D eigenvalue weighted by Crippen LogP contribution is 2.36. The Labute approximate surface area is 158 Å². The number of carbonyl (C=O) groups excluding carboxylic acids is 1. The summed E-state index contributed by atoms with van der Waals surface area (Å²) in [5.74, 6) is 1.13. The summed E-state index contributed by atoms with van der Waals surface area (Å²) in [5.41, 5.74) is 0.573. The molecule has 1 heterocycles. The van der Waals surface area contributed by atoms with Crippen LogP contribution >= 0.6 is 28.3 Å². The van der Waals surface area contributed by atoms with Gasteiger partial charge in [-0.2, -0.15) is 0 Å². The first-order valence-corrected chi connectivity index (χ1v) is 8.89. The molecule has 1 saturated heterocycles. The van der Waals surface area contributed by atoms with Crippen LogP contribution in [-0.4, -0.2) is 38.3 Å². The van der Waals surface area contributed by atoms with Gasteiger partial charge in [0.15, 0.2) is 11.5 Å². The van der Waals surface area contributed by atoms with Gasteiger partial charge in [0.25, 0.3) is 5.91 Å². The molecule has 2 rings (SSSR count). The summed E-state index contributed by atoms with van der Waals surface area (Å²) in [4.78, 5) is 12.5. The van der Waals surface area contributed by atoms with Crippen molar-refractivity contribution in [2.45, 2.75) is 45.2 Å². The molecule has 5 nitrogen and oxygen atoms in total. The van der Waals surface area contributed by atoms with Gasteiger partial charge in [-0.3, -0.25) is 4.79 Å². The summed E-state index contributed by atoms with van der Waals surface area (Å²) in [6.07, 6.45) is 2.81. The van der Waals surface area contributed by atoms with Crippen LogP contribution < -0.4 is 20.1 Å². The zero-order chi connectivity index (χ0) is 16.8. The predicted molar refractivity (Wildman–Crippen MR) is 102 cm³/mol. The first kappa shape index (κ1) is 21.1. The lowest BCUT2D eigenvalue weighted by molar-refractivity contribution is 0.0925. The van der Waals surface area contributed by atoms with Crippen LogP contribution in [0.5, 0.6) is 11.5 Å². The van der Waals surface area contributed by atoms with Crippen molar-refractivity contribution in [1.82, 2.24) is 10.6 Å². The molecule has 0 saturated carbocycles. The number of methoxy groups -OCH3 is 1. The van der Waals surface area contributed by atoms with E-state index in [1.165, 1.54) is 0 Å². The maximum Gasteiger partial charge on any atom is 0.251 e. The van der Waals surface area contributed by atoms with E-state index in [9.17, 15) is 4.79 Å². The van der Waals surface area contributed by atoms with Crippen molar-refractivity contribution in [2.24, 2.45) is 0 Å². The predicted octanol–water partition coefficient (Wildman–Crippen LogP) is 3.54. The smallest absolute Gasteiger partial charge is 0.251 e. The van der Waals surface area contributed by atoms with E-state index < -0.39 is 0 Å².